The van der Waals surface area contributed by atoms with Crippen LogP contribution in [0.4, 0.5) is 10.4 Å². The van der Waals surface area contributed by atoms with E-state index in [9.17, 15) is 9.18 Å². The maximum absolute atomic E-state index is 13.1. The molecule has 0 unspecified atom stereocenters. The number of carbonyl (C=O) groups excluding carboxylic acids is 1. The lowest BCUT2D eigenvalue weighted by Crippen LogP contribution is -2.14. The third kappa shape index (κ3) is 5.10. The number of nitrogens with one attached hydrogen (secondary N) is 1. The number of benzene rings is 3. The Bertz CT molecular complexity index is 1190. The topological polar surface area (TPSA) is 86.5 Å². The van der Waals surface area contributed by atoms with Crippen LogP contribution in [0.3, 0.4) is 0 Å². The molecule has 0 radical (unpaired) electrons. The third-order valence-corrected chi connectivity index (χ3v) is 4.50. The molecule has 162 valence electrons. The van der Waals surface area contributed by atoms with Gasteiger partial charge in [0.15, 0.2) is 0 Å². The average molecular weight is 433 g/mol. The Hall–Kier alpha value is -4.20. The number of hydrogen-bond donors (Lipinski definition) is 1. The van der Waals surface area contributed by atoms with Gasteiger partial charge in [0.1, 0.15) is 23.9 Å². The van der Waals surface area contributed by atoms with Crippen LogP contribution < -0.4 is 14.8 Å². The molecule has 32 heavy (non-hydrogen) atoms. The highest BCUT2D eigenvalue weighted by molar-refractivity contribution is 6.05. The van der Waals surface area contributed by atoms with Crippen LogP contribution in [0.5, 0.6) is 11.5 Å². The zero-order valence-electron chi connectivity index (χ0n) is 17.2. The summed E-state index contributed by atoms with van der Waals surface area (Å²) in [7, 11) is 0. The summed E-state index contributed by atoms with van der Waals surface area (Å²) in [5.74, 6) is 0.602. The first kappa shape index (κ1) is 21.0. The average Bonchev–Trinajstić information content (AvgIpc) is 3.28. The monoisotopic (exact) mass is 433 g/mol. The van der Waals surface area contributed by atoms with Crippen LogP contribution in [-0.4, -0.2) is 22.7 Å². The summed E-state index contributed by atoms with van der Waals surface area (Å²) in [6.07, 6.45) is 0. The van der Waals surface area contributed by atoms with Crippen molar-refractivity contribution >= 4 is 11.9 Å². The zero-order chi connectivity index (χ0) is 22.3. The number of para-hydroxylation sites is 1. The molecule has 4 rings (SSSR count). The van der Waals surface area contributed by atoms with E-state index in [1.807, 2.05) is 6.92 Å². The van der Waals surface area contributed by atoms with E-state index in [-0.39, 0.29) is 24.3 Å². The fourth-order valence-electron chi connectivity index (χ4n) is 2.94. The van der Waals surface area contributed by atoms with Gasteiger partial charge in [-0.1, -0.05) is 29.4 Å². The Morgan fingerprint density at radius 1 is 0.969 bits per heavy atom. The highest BCUT2D eigenvalue weighted by Gasteiger charge is 2.16. The van der Waals surface area contributed by atoms with E-state index in [0.717, 1.165) is 11.3 Å². The molecule has 0 saturated heterocycles. The van der Waals surface area contributed by atoms with E-state index in [4.69, 9.17) is 13.9 Å². The van der Waals surface area contributed by atoms with Crippen LogP contribution in [0.1, 0.15) is 22.8 Å². The van der Waals surface area contributed by atoms with Crippen molar-refractivity contribution in [1.29, 1.82) is 0 Å². The van der Waals surface area contributed by atoms with E-state index in [1.54, 1.807) is 60.7 Å². The van der Waals surface area contributed by atoms with Gasteiger partial charge >= 0.3 is 6.01 Å². The fourth-order valence-corrected chi connectivity index (χ4v) is 2.94. The molecule has 0 saturated carbocycles. The lowest BCUT2D eigenvalue weighted by Gasteiger charge is -2.10. The number of halogens is 1. The molecule has 0 fully saturated rings. The lowest BCUT2D eigenvalue weighted by molar-refractivity contribution is 0.101. The maximum Gasteiger partial charge on any atom is 0.322 e. The van der Waals surface area contributed by atoms with Crippen LogP contribution >= 0.6 is 0 Å². The van der Waals surface area contributed by atoms with Gasteiger partial charge in [0.25, 0.3) is 5.91 Å². The predicted octanol–water partition coefficient (Wildman–Crippen LogP) is 5.11. The first-order valence-corrected chi connectivity index (χ1v) is 9.96. The highest BCUT2D eigenvalue weighted by atomic mass is 19.1. The van der Waals surface area contributed by atoms with E-state index < -0.39 is 5.91 Å². The molecule has 0 spiro atoms. The van der Waals surface area contributed by atoms with Gasteiger partial charge in [-0.3, -0.25) is 10.1 Å². The lowest BCUT2D eigenvalue weighted by atomic mass is 10.2. The van der Waals surface area contributed by atoms with Crippen molar-refractivity contribution in [3.05, 3.63) is 89.7 Å². The van der Waals surface area contributed by atoms with E-state index in [2.05, 4.69) is 15.5 Å². The number of nitrogens with zero attached hydrogens (tertiary/aromatic N) is 2. The van der Waals surface area contributed by atoms with Gasteiger partial charge in [-0.15, -0.1) is 5.10 Å². The third-order valence-electron chi connectivity index (χ3n) is 4.50. The minimum absolute atomic E-state index is 0.0350. The largest absolute Gasteiger partial charge is 0.494 e. The first-order chi connectivity index (χ1) is 15.6. The molecular formula is C24H20FN3O4. The molecule has 7 nitrogen and oxygen atoms in total. The van der Waals surface area contributed by atoms with Crippen molar-refractivity contribution in [2.75, 3.05) is 11.9 Å². The Balaban J connectivity index is 1.43. The quantitative estimate of drug-likeness (QED) is 0.416. The van der Waals surface area contributed by atoms with Crippen LogP contribution in [0.15, 0.2) is 77.2 Å². The Kier molecular flexibility index (Phi) is 6.41. The number of ether oxygens (including phenoxy) is 2. The van der Waals surface area contributed by atoms with Crippen LogP contribution in [-0.2, 0) is 6.61 Å². The summed E-state index contributed by atoms with van der Waals surface area (Å²) < 4.78 is 29.8. The molecule has 1 heterocycles. The molecule has 1 aromatic heterocycles. The van der Waals surface area contributed by atoms with Crippen molar-refractivity contribution in [3.63, 3.8) is 0 Å². The van der Waals surface area contributed by atoms with Crippen molar-refractivity contribution in [2.24, 2.45) is 0 Å². The van der Waals surface area contributed by atoms with Crippen molar-refractivity contribution in [2.45, 2.75) is 13.5 Å². The number of anilines is 1. The summed E-state index contributed by atoms with van der Waals surface area (Å²) in [5, 5.41) is 10.5. The smallest absolute Gasteiger partial charge is 0.322 e. The zero-order valence-corrected chi connectivity index (χ0v) is 17.2. The number of aromatic nitrogens is 2. The van der Waals surface area contributed by atoms with Gasteiger partial charge in [-0.2, -0.15) is 0 Å². The SMILES string of the molecule is CCOc1ccc(-c2nnc(NC(=O)c3ccccc3OCc3ccc(F)cc3)o2)cc1. The molecule has 3 aromatic carbocycles. The second kappa shape index (κ2) is 9.74. The molecule has 1 amide bonds. The summed E-state index contributed by atoms with van der Waals surface area (Å²) in [6.45, 7) is 2.67. The van der Waals surface area contributed by atoms with E-state index in [0.29, 0.717) is 23.5 Å². The molecule has 0 aliphatic rings. The minimum atomic E-state index is -0.457. The van der Waals surface area contributed by atoms with Gasteiger partial charge in [0.05, 0.1) is 12.2 Å². The Morgan fingerprint density at radius 2 is 1.72 bits per heavy atom. The summed E-state index contributed by atoms with van der Waals surface area (Å²) in [5.41, 5.74) is 1.78. The van der Waals surface area contributed by atoms with E-state index >= 15 is 0 Å². The number of rotatable bonds is 8. The normalized spacial score (nSPS) is 10.6. The van der Waals surface area contributed by atoms with E-state index in [1.165, 1.54) is 12.1 Å². The molecule has 0 aliphatic carbocycles. The maximum atomic E-state index is 13.1. The van der Waals surface area contributed by atoms with Crippen molar-refractivity contribution in [1.82, 2.24) is 10.2 Å². The van der Waals surface area contributed by atoms with Crippen LogP contribution in [0.25, 0.3) is 11.5 Å². The summed E-state index contributed by atoms with van der Waals surface area (Å²) in [4.78, 5) is 12.8. The fraction of sp³-hybridized carbons (Fsp3) is 0.125. The van der Waals surface area contributed by atoms with Gasteiger partial charge < -0.3 is 13.9 Å². The molecule has 0 bridgehead atoms. The number of carbonyl (C=O) groups is 1. The second-order valence-corrected chi connectivity index (χ2v) is 6.74. The number of amides is 1. The van der Waals surface area contributed by atoms with Gasteiger partial charge in [0, 0.05) is 5.56 Å². The summed E-state index contributed by atoms with van der Waals surface area (Å²) >= 11 is 0. The van der Waals surface area contributed by atoms with Crippen LogP contribution in [0.2, 0.25) is 0 Å². The Labute approximate surface area is 183 Å². The Morgan fingerprint density at radius 3 is 2.47 bits per heavy atom. The molecule has 8 heteroatoms. The van der Waals surface area contributed by atoms with Crippen molar-refractivity contribution in [3.8, 4) is 23.0 Å². The number of hydrogen-bond acceptors (Lipinski definition) is 6. The van der Waals surface area contributed by atoms with Gasteiger partial charge in [-0.25, -0.2) is 4.39 Å². The van der Waals surface area contributed by atoms with Crippen LogP contribution in [0, 0.1) is 5.82 Å². The minimum Gasteiger partial charge on any atom is -0.494 e. The molecular weight excluding hydrogens is 413 g/mol. The van der Waals surface area contributed by atoms with Gasteiger partial charge in [-0.05, 0) is 61.0 Å². The predicted molar refractivity (Wildman–Crippen MR) is 116 cm³/mol. The standard InChI is InChI=1S/C24H20FN3O4/c1-2-30-19-13-9-17(10-14-19)23-27-28-24(32-23)26-22(29)20-5-3-4-6-21(20)31-15-16-7-11-18(25)12-8-16/h3-14H,2,15H2,1H3,(H,26,28,29). The first-order valence-electron chi connectivity index (χ1n) is 9.96. The highest BCUT2D eigenvalue weighted by Crippen LogP contribution is 2.24. The molecule has 0 aliphatic heterocycles. The molecule has 0 atom stereocenters. The molecule has 1 N–H and O–H groups in total. The summed E-state index contributed by atoms with van der Waals surface area (Å²) in [6, 6.07) is 19.9. The second-order valence-electron chi connectivity index (χ2n) is 6.74. The molecule has 4 aromatic rings. The van der Waals surface area contributed by atoms with Crippen molar-refractivity contribution < 1.29 is 23.1 Å². The van der Waals surface area contributed by atoms with Gasteiger partial charge in [0.2, 0.25) is 5.89 Å².